The highest BCUT2D eigenvalue weighted by atomic mass is 32.1. The SMILES string of the molecule is CC(C)C1C(=O)NCCN1C(=O)c1cc2c(s1)-c1ccccc1CC2. The fraction of sp³-hybridized carbons (Fsp3) is 0.400. The van der Waals surface area contributed by atoms with E-state index in [1.54, 1.807) is 16.2 Å². The Morgan fingerprint density at radius 2 is 2.00 bits per heavy atom. The van der Waals surface area contributed by atoms with E-state index in [1.165, 1.54) is 21.6 Å². The number of hydrogen-bond donors (Lipinski definition) is 1. The van der Waals surface area contributed by atoms with E-state index >= 15 is 0 Å². The second-order valence-electron chi connectivity index (χ2n) is 7.10. The monoisotopic (exact) mass is 354 g/mol. The lowest BCUT2D eigenvalue weighted by molar-refractivity contribution is -0.129. The van der Waals surface area contributed by atoms with Crippen molar-refractivity contribution in [2.75, 3.05) is 13.1 Å². The molecule has 2 amide bonds. The van der Waals surface area contributed by atoms with E-state index in [2.05, 4.69) is 29.6 Å². The van der Waals surface area contributed by atoms with Gasteiger partial charge in [-0.05, 0) is 41.5 Å². The van der Waals surface area contributed by atoms with Gasteiger partial charge in [-0.25, -0.2) is 0 Å². The summed E-state index contributed by atoms with van der Waals surface area (Å²) in [5, 5.41) is 2.88. The van der Waals surface area contributed by atoms with E-state index in [0.717, 1.165) is 17.7 Å². The molecule has 0 bridgehead atoms. The van der Waals surface area contributed by atoms with E-state index < -0.39 is 0 Å². The van der Waals surface area contributed by atoms with Gasteiger partial charge in [0.25, 0.3) is 5.91 Å². The number of carbonyl (C=O) groups excluding carboxylic acids is 2. The Kier molecular flexibility index (Phi) is 4.12. The number of nitrogens with one attached hydrogen (secondary N) is 1. The summed E-state index contributed by atoms with van der Waals surface area (Å²) < 4.78 is 0. The van der Waals surface area contributed by atoms with Gasteiger partial charge in [-0.1, -0.05) is 38.1 Å². The van der Waals surface area contributed by atoms with Crippen molar-refractivity contribution in [2.24, 2.45) is 5.92 Å². The van der Waals surface area contributed by atoms with Crippen molar-refractivity contribution in [1.29, 1.82) is 0 Å². The fourth-order valence-corrected chi connectivity index (χ4v) is 5.12. The van der Waals surface area contributed by atoms with Crippen molar-refractivity contribution in [3.63, 3.8) is 0 Å². The molecule has 4 nitrogen and oxygen atoms in total. The van der Waals surface area contributed by atoms with Gasteiger partial charge in [0, 0.05) is 18.0 Å². The van der Waals surface area contributed by atoms with Crippen molar-refractivity contribution in [3.05, 3.63) is 46.3 Å². The average molecular weight is 354 g/mol. The summed E-state index contributed by atoms with van der Waals surface area (Å²) in [7, 11) is 0. The molecule has 2 heterocycles. The van der Waals surface area contributed by atoms with Gasteiger partial charge in [0.15, 0.2) is 0 Å². The predicted molar refractivity (Wildman–Crippen MR) is 99.8 cm³/mol. The number of aryl methyl sites for hydroxylation is 2. The molecule has 1 atom stereocenters. The van der Waals surface area contributed by atoms with Crippen LogP contribution in [0.1, 0.15) is 34.6 Å². The molecule has 1 aliphatic carbocycles. The maximum Gasteiger partial charge on any atom is 0.264 e. The Morgan fingerprint density at radius 1 is 1.24 bits per heavy atom. The molecule has 1 N–H and O–H groups in total. The van der Waals surface area contributed by atoms with Crippen molar-refractivity contribution in [2.45, 2.75) is 32.7 Å². The maximum absolute atomic E-state index is 13.1. The molecule has 5 heteroatoms. The lowest BCUT2D eigenvalue weighted by Gasteiger charge is -2.37. The molecule has 1 unspecified atom stereocenters. The standard InChI is InChI=1S/C20H22N2O2S/c1-12(2)17-19(23)21-9-10-22(17)20(24)16-11-14-8-7-13-5-3-4-6-15(13)18(14)25-16/h3-6,11-12,17H,7-10H2,1-2H3,(H,21,23). The first-order valence-electron chi connectivity index (χ1n) is 8.86. The molecule has 0 radical (unpaired) electrons. The molecule has 1 saturated heterocycles. The van der Waals surface area contributed by atoms with Gasteiger partial charge < -0.3 is 10.2 Å². The Bertz CT molecular complexity index is 840. The van der Waals surface area contributed by atoms with Gasteiger partial charge in [0.2, 0.25) is 5.91 Å². The van der Waals surface area contributed by atoms with Gasteiger partial charge in [0.1, 0.15) is 6.04 Å². The van der Waals surface area contributed by atoms with Crippen LogP contribution < -0.4 is 5.32 Å². The summed E-state index contributed by atoms with van der Waals surface area (Å²) in [6.45, 7) is 5.09. The van der Waals surface area contributed by atoms with E-state index in [4.69, 9.17) is 0 Å². The normalized spacial score (nSPS) is 19.4. The molecule has 1 aliphatic heterocycles. The van der Waals surface area contributed by atoms with Crippen LogP contribution in [0.5, 0.6) is 0 Å². The number of amides is 2. The van der Waals surface area contributed by atoms with Crippen LogP contribution in [0.2, 0.25) is 0 Å². The van der Waals surface area contributed by atoms with Gasteiger partial charge in [0.05, 0.1) is 4.88 Å². The Morgan fingerprint density at radius 3 is 2.80 bits per heavy atom. The molecule has 0 saturated carbocycles. The highest BCUT2D eigenvalue weighted by Crippen LogP contribution is 2.40. The third kappa shape index (κ3) is 2.76. The minimum absolute atomic E-state index is 0.00886. The molecule has 25 heavy (non-hydrogen) atoms. The number of nitrogens with zero attached hydrogens (tertiary/aromatic N) is 1. The minimum atomic E-state index is -0.382. The third-order valence-corrected chi connectivity index (χ3v) is 6.29. The summed E-state index contributed by atoms with van der Waals surface area (Å²) in [5.41, 5.74) is 3.87. The molecule has 1 aromatic carbocycles. The molecular weight excluding hydrogens is 332 g/mol. The second-order valence-corrected chi connectivity index (χ2v) is 8.15. The van der Waals surface area contributed by atoms with E-state index in [1.807, 2.05) is 19.9 Å². The van der Waals surface area contributed by atoms with Crippen LogP contribution in [0.15, 0.2) is 30.3 Å². The largest absolute Gasteiger partial charge is 0.353 e. The first kappa shape index (κ1) is 16.3. The summed E-state index contributed by atoms with van der Waals surface area (Å²) in [6, 6.07) is 10.1. The van der Waals surface area contributed by atoms with Crippen LogP contribution >= 0.6 is 11.3 Å². The molecule has 4 rings (SSSR count). The highest BCUT2D eigenvalue weighted by Gasteiger charge is 2.36. The number of piperazine rings is 1. The molecule has 2 aliphatic rings. The van der Waals surface area contributed by atoms with Gasteiger partial charge in [-0.3, -0.25) is 9.59 Å². The third-order valence-electron chi connectivity index (χ3n) is 5.09. The lowest BCUT2D eigenvalue weighted by Crippen LogP contribution is -2.59. The molecule has 0 spiro atoms. The zero-order chi connectivity index (χ0) is 17.6. The van der Waals surface area contributed by atoms with Crippen LogP contribution in [0, 0.1) is 5.92 Å². The number of benzene rings is 1. The molecule has 130 valence electrons. The topological polar surface area (TPSA) is 49.4 Å². The maximum atomic E-state index is 13.1. The van der Waals surface area contributed by atoms with Gasteiger partial charge >= 0.3 is 0 Å². The smallest absolute Gasteiger partial charge is 0.264 e. The number of carbonyl (C=O) groups is 2. The zero-order valence-corrected chi connectivity index (χ0v) is 15.4. The van der Waals surface area contributed by atoms with E-state index in [-0.39, 0.29) is 23.8 Å². The van der Waals surface area contributed by atoms with Crippen LogP contribution in [-0.2, 0) is 17.6 Å². The van der Waals surface area contributed by atoms with Crippen LogP contribution in [0.25, 0.3) is 10.4 Å². The number of thiophene rings is 1. The first-order valence-corrected chi connectivity index (χ1v) is 9.67. The Labute approximate surface area is 151 Å². The van der Waals surface area contributed by atoms with Crippen LogP contribution in [-0.4, -0.2) is 35.8 Å². The predicted octanol–water partition coefficient (Wildman–Crippen LogP) is 3.11. The molecule has 1 aromatic heterocycles. The molecule has 2 aromatic rings. The van der Waals surface area contributed by atoms with Crippen LogP contribution in [0.4, 0.5) is 0 Å². The summed E-state index contributed by atoms with van der Waals surface area (Å²) >= 11 is 1.57. The van der Waals surface area contributed by atoms with Crippen molar-refractivity contribution < 1.29 is 9.59 Å². The van der Waals surface area contributed by atoms with Crippen molar-refractivity contribution in [3.8, 4) is 10.4 Å². The number of fused-ring (bicyclic) bond motifs is 3. The molecular formula is C20H22N2O2S. The van der Waals surface area contributed by atoms with E-state index in [9.17, 15) is 9.59 Å². The minimum Gasteiger partial charge on any atom is -0.353 e. The van der Waals surface area contributed by atoms with Crippen molar-refractivity contribution in [1.82, 2.24) is 10.2 Å². The quantitative estimate of drug-likeness (QED) is 0.901. The lowest BCUT2D eigenvalue weighted by atomic mass is 9.91. The summed E-state index contributed by atoms with van der Waals surface area (Å²) in [5.74, 6) is 0.0475. The first-order chi connectivity index (χ1) is 12.1. The second kappa shape index (κ2) is 6.30. The summed E-state index contributed by atoms with van der Waals surface area (Å²) in [4.78, 5) is 29.1. The Balaban J connectivity index is 1.68. The highest BCUT2D eigenvalue weighted by molar-refractivity contribution is 7.17. The number of hydrogen-bond acceptors (Lipinski definition) is 3. The van der Waals surface area contributed by atoms with E-state index in [0.29, 0.717) is 13.1 Å². The van der Waals surface area contributed by atoms with Gasteiger partial charge in [-0.15, -0.1) is 11.3 Å². The van der Waals surface area contributed by atoms with Crippen LogP contribution in [0.3, 0.4) is 0 Å². The van der Waals surface area contributed by atoms with Crippen molar-refractivity contribution >= 4 is 23.2 Å². The van der Waals surface area contributed by atoms with Gasteiger partial charge in [-0.2, -0.15) is 0 Å². The average Bonchev–Trinajstić information content (AvgIpc) is 3.05. The fourth-order valence-electron chi connectivity index (χ4n) is 3.89. The Hall–Kier alpha value is -2.14. The zero-order valence-electron chi connectivity index (χ0n) is 14.5. The summed E-state index contributed by atoms with van der Waals surface area (Å²) in [6.07, 6.45) is 2.00. The molecule has 1 fully saturated rings. The number of rotatable bonds is 2.